The molecule has 1 atom stereocenters. The number of carbonyl (C=O) groups is 1. The lowest BCUT2D eigenvalue weighted by molar-refractivity contribution is -0.119. The molecule has 5 nitrogen and oxygen atoms in total. The zero-order chi connectivity index (χ0) is 21.8. The average molecular weight is 434 g/mol. The molecule has 1 amide bonds. The molecular weight excluding hydrogens is 406 g/mol. The number of para-hydroxylation sites is 1. The number of nitrogens with zero attached hydrogens (tertiary/aromatic N) is 2. The summed E-state index contributed by atoms with van der Waals surface area (Å²) in [6.07, 6.45) is 6.43. The number of carbonyl (C=O) groups excluding carboxylic acids is 1. The molecule has 0 saturated heterocycles. The second-order valence-electron chi connectivity index (χ2n) is 7.93. The molecule has 160 valence electrons. The van der Waals surface area contributed by atoms with Crippen LogP contribution in [0.1, 0.15) is 42.5 Å². The molecule has 1 aliphatic rings. The zero-order valence-electron chi connectivity index (χ0n) is 17.8. The number of allylic oxidation sites excluding steroid dienone is 1. The van der Waals surface area contributed by atoms with Gasteiger partial charge in [-0.1, -0.05) is 48.2 Å². The summed E-state index contributed by atoms with van der Waals surface area (Å²) in [7, 11) is 0. The molecule has 0 saturated carbocycles. The number of fused-ring (bicyclic) bond motifs is 2. The molecule has 3 aromatic rings. The van der Waals surface area contributed by atoms with E-state index >= 15 is 0 Å². The van der Waals surface area contributed by atoms with Gasteiger partial charge < -0.3 is 5.32 Å². The van der Waals surface area contributed by atoms with E-state index in [1.165, 1.54) is 35.7 Å². The highest BCUT2D eigenvalue weighted by Gasteiger charge is 2.16. The first kappa shape index (κ1) is 21.4. The summed E-state index contributed by atoms with van der Waals surface area (Å²) in [6.45, 7) is 6.10. The van der Waals surface area contributed by atoms with E-state index in [9.17, 15) is 9.59 Å². The topological polar surface area (TPSA) is 64.0 Å². The van der Waals surface area contributed by atoms with Gasteiger partial charge in [0.25, 0.3) is 5.56 Å². The molecule has 1 unspecified atom stereocenters. The van der Waals surface area contributed by atoms with Crippen LogP contribution in [0, 0.1) is 0 Å². The zero-order valence-corrected chi connectivity index (χ0v) is 18.6. The summed E-state index contributed by atoms with van der Waals surface area (Å²) in [5, 5.41) is 4.18. The molecule has 0 bridgehead atoms. The first-order valence-electron chi connectivity index (χ1n) is 10.7. The third kappa shape index (κ3) is 4.74. The minimum absolute atomic E-state index is 0.0692. The fourth-order valence-electron chi connectivity index (χ4n) is 4.07. The van der Waals surface area contributed by atoms with Gasteiger partial charge in [0.15, 0.2) is 5.16 Å². The van der Waals surface area contributed by atoms with E-state index < -0.39 is 0 Å². The van der Waals surface area contributed by atoms with E-state index in [-0.39, 0.29) is 23.3 Å². The van der Waals surface area contributed by atoms with Gasteiger partial charge in [0, 0.05) is 6.54 Å². The lowest BCUT2D eigenvalue weighted by Crippen LogP contribution is -2.29. The third-order valence-electron chi connectivity index (χ3n) is 5.72. The van der Waals surface area contributed by atoms with Gasteiger partial charge in [-0.05, 0) is 61.4 Å². The maximum atomic E-state index is 12.8. The fourth-order valence-corrected chi connectivity index (χ4v) is 4.89. The number of nitrogens with one attached hydrogen (secondary N) is 1. The Balaban J connectivity index is 1.46. The number of aromatic nitrogens is 2. The van der Waals surface area contributed by atoms with Gasteiger partial charge in [-0.3, -0.25) is 14.2 Å². The van der Waals surface area contributed by atoms with Gasteiger partial charge in [0.2, 0.25) is 5.91 Å². The fraction of sp³-hybridized carbons (Fsp3) is 0.320. The highest BCUT2D eigenvalue weighted by atomic mass is 32.2. The minimum Gasteiger partial charge on any atom is -0.349 e. The van der Waals surface area contributed by atoms with Crippen LogP contribution in [-0.4, -0.2) is 21.2 Å². The van der Waals surface area contributed by atoms with Crippen LogP contribution in [0.15, 0.2) is 65.1 Å². The van der Waals surface area contributed by atoms with Crippen molar-refractivity contribution in [1.82, 2.24) is 14.9 Å². The normalized spacial score (nSPS) is 14.1. The summed E-state index contributed by atoms with van der Waals surface area (Å²) >= 11 is 1.28. The Labute approximate surface area is 186 Å². The van der Waals surface area contributed by atoms with E-state index in [1.54, 1.807) is 16.7 Å². The van der Waals surface area contributed by atoms with Crippen LogP contribution in [-0.2, 0) is 24.2 Å². The first-order chi connectivity index (χ1) is 15.1. The van der Waals surface area contributed by atoms with Gasteiger partial charge in [-0.15, -0.1) is 6.58 Å². The molecule has 1 heterocycles. The maximum absolute atomic E-state index is 12.8. The van der Waals surface area contributed by atoms with Crippen LogP contribution < -0.4 is 10.9 Å². The highest BCUT2D eigenvalue weighted by Crippen LogP contribution is 2.25. The summed E-state index contributed by atoms with van der Waals surface area (Å²) in [5.41, 5.74) is 4.50. The number of rotatable bonds is 7. The standard InChI is InChI=1S/C25H27N3O2S/c1-3-14-28-24(30)21-10-6-7-11-22(21)27-25(28)31-16-23(29)26-17(2)19-13-12-18-8-4-5-9-20(18)15-19/h3,6-7,10-13,15,17H,1,4-5,8-9,14,16H2,2H3,(H,26,29). The Hall–Kier alpha value is -2.86. The molecule has 1 aliphatic carbocycles. The van der Waals surface area contributed by atoms with E-state index in [0.717, 1.165) is 18.4 Å². The van der Waals surface area contributed by atoms with Crippen LogP contribution in [0.3, 0.4) is 0 Å². The highest BCUT2D eigenvalue weighted by molar-refractivity contribution is 7.99. The number of aryl methyl sites for hydroxylation is 2. The van der Waals surface area contributed by atoms with Crippen LogP contribution in [0.5, 0.6) is 0 Å². The van der Waals surface area contributed by atoms with Crippen molar-refractivity contribution in [3.63, 3.8) is 0 Å². The summed E-state index contributed by atoms with van der Waals surface area (Å²) in [5.74, 6) is 0.111. The second kappa shape index (κ2) is 9.52. The molecule has 31 heavy (non-hydrogen) atoms. The Morgan fingerprint density at radius 2 is 2.00 bits per heavy atom. The molecule has 1 N–H and O–H groups in total. The molecule has 6 heteroatoms. The molecule has 0 fully saturated rings. The van der Waals surface area contributed by atoms with Crippen molar-refractivity contribution < 1.29 is 4.79 Å². The first-order valence-corrected chi connectivity index (χ1v) is 11.7. The minimum atomic E-state index is -0.115. The smallest absolute Gasteiger partial charge is 0.262 e. The SMILES string of the molecule is C=CCn1c(SCC(=O)NC(C)c2ccc3c(c2)CCCC3)nc2ccccc2c1=O. The van der Waals surface area contributed by atoms with E-state index in [2.05, 4.69) is 35.1 Å². The van der Waals surface area contributed by atoms with Gasteiger partial charge in [0.1, 0.15) is 0 Å². The van der Waals surface area contributed by atoms with Gasteiger partial charge in [0.05, 0.1) is 22.7 Å². The second-order valence-corrected chi connectivity index (χ2v) is 8.87. The van der Waals surface area contributed by atoms with Crippen molar-refractivity contribution >= 4 is 28.6 Å². The lowest BCUT2D eigenvalue weighted by Gasteiger charge is -2.20. The Bertz CT molecular complexity index is 1190. The third-order valence-corrected chi connectivity index (χ3v) is 6.70. The van der Waals surface area contributed by atoms with Crippen molar-refractivity contribution in [3.05, 3.63) is 82.2 Å². The van der Waals surface area contributed by atoms with Crippen molar-refractivity contribution in [2.75, 3.05) is 5.75 Å². The van der Waals surface area contributed by atoms with E-state index in [1.807, 2.05) is 25.1 Å². The van der Waals surface area contributed by atoms with E-state index in [0.29, 0.717) is 22.6 Å². The summed E-state index contributed by atoms with van der Waals surface area (Å²) in [6, 6.07) is 13.8. The number of amides is 1. The van der Waals surface area contributed by atoms with E-state index in [4.69, 9.17) is 0 Å². The molecule has 0 aliphatic heterocycles. The average Bonchev–Trinajstić information content (AvgIpc) is 2.79. The maximum Gasteiger partial charge on any atom is 0.262 e. The molecule has 4 rings (SSSR count). The van der Waals surface area contributed by atoms with Crippen molar-refractivity contribution in [1.29, 1.82) is 0 Å². The van der Waals surface area contributed by atoms with Crippen LogP contribution >= 0.6 is 11.8 Å². The molecule has 2 aromatic carbocycles. The molecule has 1 aromatic heterocycles. The van der Waals surface area contributed by atoms with Crippen LogP contribution in [0.4, 0.5) is 0 Å². The van der Waals surface area contributed by atoms with Gasteiger partial charge >= 0.3 is 0 Å². The van der Waals surface area contributed by atoms with Gasteiger partial charge in [-0.25, -0.2) is 4.98 Å². The lowest BCUT2D eigenvalue weighted by atomic mass is 9.89. The molecule has 0 spiro atoms. The number of hydrogen-bond donors (Lipinski definition) is 1. The largest absolute Gasteiger partial charge is 0.349 e. The molecular formula is C25H27N3O2S. The Kier molecular flexibility index (Phi) is 6.56. The predicted octanol–water partition coefficient (Wildman–Crippen LogP) is 4.43. The Morgan fingerprint density at radius 3 is 2.81 bits per heavy atom. The van der Waals surface area contributed by atoms with Gasteiger partial charge in [-0.2, -0.15) is 0 Å². The number of benzene rings is 2. The summed E-state index contributed by atoms with van der Waals surface area (Å²) in [4.78, 5) is 30.1. The van der Waals surface area contributed by atoms with Crippen molar-refractivity contribution in [2.24, 2.45) is 0 Å². The Morgan fingerprint density at radius 1 is 1.23 bits per heavy atom. The van der Waals surface area contributed by atoms with Crippen LogP contribution in [0.2, 0.25) is 0 Å². The number of thioether (sulfide) groups is 1. The quantitative estimate of drug-likeness (QED) is 0.340. The van der Waals surface area contributed by atoms with Crippen molar-refractivity contribution in [3.8, 4) is 0 Å². The summed E-state index contributed by atoms with van der Waals surface area (Å²) < 4.78 is 1.57. The monoisotopic (exact) mass is 433 g/mol. The van der Waals surface area contributed by atoms with Crippen molar-refractivity contribution in [2.45, 2.75) is 50.4 Å². The van der Waals surface area contributed by atoms with Crippen LogP contribution in [0.25, 0.3) is 10.9 Å². The predicted molar refractivity (Wildman–Crippen MR) is 127 cm³/mol. The number of hydrogen-bond acceptors (Lipinski definition) is 4. The molecule has 0 radical (unpaired) electrons.